The second kappa shape index (κ2) is 36.9. The van der Waals surface area contributed by atoms with Gasteiger partial charge in [0.1, 0.15) is 12.7 Å². The maximum atomic E-state index is 12.6. The number of hydrogen-bond donors (Lipinski definition) is 5. The van der Waals surface area contributed by atoms with Gasteiger partial charge in [-0.05, 0) is 44.4 Å². The van der Waals surface area contributed by atoms with Crippen molar-refractivity contribution in [3.8, 4) is 0 Å². The van der Waals surface area contributed by atoms with Gasteiger partial charge in [0.15, 0.2) is 6.10 Å². The van der Waals surface area contributed by atoms with Crippen LogP contribution in [-0.2, 0) is 41.8 Å². The highest BCUT2D eigenvalue weighted by molar-refractivity contribution is 7.47. The van der Waals surface area contributed by atoms with Crippen molar-refractivity contribution in [2.24, 2.45) is 5.92 Å². The molecule has 0 aliphatic rings. The fourth-order valence-electron chi connectivity index (χ4n) is 5.46. The number of phosphoric ester groups is 2. The molecular weight excluding hydrogens is 790 g/mol. The second-order valence-electron chi connectivity index (χ2n) is 14.9. The number of carbonyl (C=O) groups is 2. The first-order chi connectivity index (χ1) is 27.6. The number of phosphoric acid groups is 2. The Hall–Kier alpha value is -1.96. The maximum Gasteiger partial charge on any atom is 0.472 e. The van der Waals surface area contributed by atoms with Crippen LogP contribution in [0.15, 0.2) is 48.6 Å². The van der Waals surface area contributed by atoms with Crippen LogP contribution in [0.2, 0.25) is 0 Å². The highest BCUT2D eigenvalue weighted by Crippen LogP contribution is 2.43. The Morgan fingerprint density at radius 3 is 1.79 bits per heavy atom. The minimum Gasteiger partial charge on any atom is -0.462 e. The van der Waals surface area contributed by atoms with Gasteiger partial charge in [-0.1, -0.05) is 153 Å². The van der Waals surface area contributed by atoms with Crippen molar-refractivity contribution in [2.75, 3.05) is 26.4 Å². The Kier molecular flexibility index (Phi) is 35.6. The molecule has 0 saturated carbocycles. The number of allylic oxidation sites excluding steroid dienone is 7. The molecule has 0 rings (SSSR count). The Labute approximate surface area is 348 Å². The van der Waals surface area contributed by atoms with Crippen LogP contribution in [0, 0.1) is 5.92 Å². The Morgan fingerprint density at radius 2 is 1.16 bits per heavy atom. The van der Waals surface area contributed by atoms with Crippen molar-refractivity contribution in [3.63, 3.8) is 0 Å². The van der Waals surface area contributed by atoms with Crippen LogP contribution in [0.5, 0.6) is 0 Å². The molecule has 14 nitrogen and oxygen atoms in total. The lowest BCUT2D eigenvalue weighted by Gasteiger charge is -2.20. The third-order valence-electron chi connectivity index (χ3n) is 8.74. The Balaban J connectivity index is 4.66. The first kappa shape index (κ1) is 56.0. The molecule has 5 N–H and O–H groups in total. The molecule has 0 aliphatic carbocycles. The average molecular weight is 867 g/mol. The summed E-state index contributed by atoms with van der Waals surface area (Å²) in [6, 6.07) is 0. The van der Waals surface area contributed by atoms with Crippen LogP contribution in [0.25, 0.3) is 0 Å². The third kappa shape index (κ3) is 40.8. The zero-order chi connectivity index (χ0) is 43.3. The zero-order valence-corrected chi connectivity index (χ0v) is 37.2. The quantitative estimate of drug-likeness (QED) is 0.0128. The monoisotopic (exact) mass is 866 g/mol. The molecule has 1 unspecified atom stereocenters. The van der Waals surface area contributed by atoms with Gasteiger partial charge in [-0.15, -0.1) is 0 Å². The van der Waals surface area contributed by atoms with Crippen molar-refractivity contribution in [1.82, 2.24) is 0 Å². The van der Waals surface area contributed by atoms with E-state index in [4.69, 9.17) is 23.8 Å². The summed E-state index contributed by atoms with van der Waals surface area (Å²) in [6.45, 7) is 3.84. The highest BCUT2D eigenvalue weighted by atomic mass is 31.2. The summed E-state index contributed by atoms with van der Waals surface area (Å²) in [4.78, 5) is 52.6. The summed E-state index contributed by atoms with van der Waals surface area (Å²) in [6.07, 6.45) is 31.7. The van der Waals surface area contributed by atoms with Crippen LogP contribution in [0.3, 0.4) is 0 Å². The first-order valence-electron chi connectivity index (χ1n) is 21.3. The molecule has 4 atom stereocenters. The van der Waals surface area contributed by atoms with Gasteiger partial charge in [0, 0.05) is 12.8 Å². The molecule has 0 aromatic heterocycles. The van der Waals surface area contributed by atoms with Gasteiger partial charge in [0.2, 0.25) is 0 Å². The van der Waals surface area contributed by atoms with Crippen molar-refractivity contribution >= 4 is 27.6 Å². The van der Waals surface area contributed by atoms with Gasteiger partial charge in [0.25, 0.3) is 0 Å². The topological polar surface area (TPSA) is 216 Å². The minimum atomic E-state index is -4.87. The molecule has 16 heteroatoms. The fraction of sp³-hybridized carbons (Fsp3) is 0.762. The van der Waals surface area contributed by atoms with Gasteiger partial charge in [0.05, 0.1) is 25.9 Å². The van der Waals surface area contributed by atoms with Crippen molar-refractivity contribution in [3.05, 3.63) is 48.6 Å². The molecule has 0 bridgehead atoms. The van der Waals surface area contributed by atoms with Crippen molar-refractivity contribution in [1.29, 1.82) is 0 Å². The predicted molar refractivity (Wildman–Crippen MR) is 227 cm³/mol. The molecule has 0 fully saturated rings. The molecule has 0 aromatic carbocycles. The molecule has 0 spiro atoms. The lowest BCUT2D eigenvalue weighted by molar-refractivity contribution is -0.161. The molecule has 0 aromatic rings. The maximum absolute atomic E-state index is 12.6. The summed E-state index contributed by atoms with van der Waals surface area (Å²) in [7, 11) is -9.70. The number of esters is 2. The molecule has 0 radical (unpaired) electrons. The Morgan fingerprint density at radius 1 is 0.603 bits per heavy atom. The summed E-state index contributed by atoms with van der Waals surface area (Å²) in [5.41, 5.74) is 0. The number of carbonyl (C=O) groups excluding carboxylic acids is 2. The van der Waals surface area contributed by atoms with Gasteiger partial charge in [-0.25, -0.2) is 9.13 Å². The number of hydrogen-bond acceptors (Lipinski definition) is 11. The lowest BCUT2D eigenvalue weighted by Crippen LogP contribution is -2.30. The highest BCUT2D eigenvalue weighted by Gasteiger charge is 2.28. The third-order valence-corrected chi connectivity index (χ3v) is 10.2. The standard InChI is InChI=1S/C42H76O14P2/c1-4-5-23-29-38(43)30-25-20-16-12-7-6-8-13-17-21-26-31-41(45)52-35-40(36-55-58(50,51)54-34-39(44)33-53-57(47,48)49)56-42(46)32-27-22-18-14-10-9-11-15-19-24-28-37(2)3/h6-7,13,16-17,20,25,30,37-40,43-44H,4-5,8-12,14-15,18-19,21-24,26-29,31-36H2,1-3H3,(H,50,51)(H2,47,48,49)/b7-6-,17-13-,20-16-,30-25+/t38-,39+,40-/m1/s1. The van der Waals surface area contributed by atoms with E-state index in [1.807, 2.05) is 42.5 Å². The van der Waals surface area contributed by atoms with E-state index in [2.05, 4.69) is 29.8 Å². The van der Waals surface area contributed by atoms with E-state index in [0.717, 1.165) is 70.1 Å². The van der Waals surface area contributed by atoms with Gasteiger partial charge in [-0.3, -0.25) is 23.2 Å². The van der Waals surface area contributed by atoms with E-state index < -0.39 is 72.3 Å². The smallest absolute Gasteiger partial charge is 0.462 e. The van der Waals surface area contributed by atoms with Crippen LogP contribution in [0.4, 0.5) is 0 Å². The molecular formula is C42H76O14P2. The van der Waals surface area contributed by atoms with Crippen molar-refractivity contribution in [2.45, 2.75) is 174 Å². The van der Waals surface area contributed by atoms with E-state index in [9.17, 15) is 33.8 Å². The Bertz CT molecular complexity index is 1250. The summed E-state index contributed by atoms with van der Waals surface area (Å²) in [5.74, 6) is -0.364. The van der Waals surface area contributed by atoms with Crippen molar-refractivity contribution < 1.29 is 66.7 Å². The van der Waals surface area contributed by atoms with Gasteiger partial charge >= 0.3 is 27.6 Å². The molecule has 0 saturated heterocycles. The number of unbranched alkanes of at least 4 members (excludes halogenated alkanes) is 12. The minimum absolute atomic E-state index is 0.0988. The van der Waals surface area contributed by atoms with E-state index in [1.54, 1.807) is 6.08 Å². The van der Waals surface area contributed by atoms with Crippen LogP contribution >= 0.6 is 15.6 Å². The molecule has 58 heavy (non-hydrogen) atoms. The molecule has 338 valence electrons. The van der Waals surface area contributed by atoms with E-state index in [1.165, 1.54) is 38.5 Å². The van der Waals surface area contributed by atoms with Gasteiger partial charge in [-0.2, -0.15) is 0 Å². The summed E-state index contributed by atoms with van der Waals surface area (Å²) in [5, 5.41) is 19.6. The number of rotatable bonds is 39. The molecule has 0 aliphatic heterocycles. The van der Waals surface area contributed by atoms with Crippen LogP contribution in [-0.4, -0.2) is 81.6 Å². The van der Waals surface area contributed by atoms with E-state index >= 15 is 0 Å². The number of ether oxygens (including phenoxy) is 2. The normalized spacial score (nSPS) is 15.2. The molecule has 0 heterocycles. The first-order valence-corrected chi connectivity index (χ1v) is 24.3. The lowest BCUT2D eigenvalue weighted by atomic mass is 10.0. The largest absolute Gasteiger partial charge is 0.472 e. The predicted octanol–water partition coefficient (Wildman–Crippen LogP) is 9.50. The van der Waals surface area contributed by atoms with E-state index in [0.29, 0.717) is 19.3 Å². The molecule has 0 amide bonds. The average Bonchev–Trinajstić information content (AvgIpc) is 3.16. The number of aliphatic hydroxyl groups excluding tert-OH is 2. The number of aliphatic hydroxyl groups is 2. The SMILES string of the molecule is CCCCC[C@@H](O)/C=C/C=C\C/C=C\C/C=C\CCCC(=O)OC[C@H](COP(=O)(O)OC[C@@H](O)COP(=O)(O)O)OC(=O)CCCCCCCCCCCCC(C)C. The summed E-state index contributed by atoms with van der Waals surface area (Å²) < 4.78 is 47.6. The fourth-order valence-corrected chi connectivity index (χ4v) is 6.61. The van der Waals surface area contributed by atoms with Crippen LogP contribution in [0.1, 0.15) is 156 Å². The zero-order valence-electron chi connectivity index (χ0n) is 35.4. The van der Waals surface area contributed by atoms with Crippen LogP contribution < -0.4 is 0 Å². The van der Waals surface area contributed by atoms with Gasteiger partial charge < -0.3 is 34.4 Å². The summed E-state index contributed by atoms with van der Waals surface area (Å²) >= 11 is 0. The van der Waals surface area contributed by atoms with E-state index in [-0.39, 0.29) is 12.8 Å². The second-order valence-corrected chi connectivity index (χ2v) is 17.6.